The number of allylic oxidation sites excluding steroid dienone is 1. The zero-order valence-electron chi connectivity index (χ0n) is 14.5. The first-order valence-corrected chi connectivity index (χ1v) is 7.89. The summed E-state index contributed by atoms with van der Waals surface area (Å²) in [7, 11) is 0. The van der Waals surface area contributed by atoms with Gasteiger partial charge in [0.1, 0.15) is 17.3 Å². The lowest BCUT2D eigenvalue weighted by atomic mass is 9.82. The van der Waals surface area contributed by atoms with Gasteiger partial charge in [0.15, 0.2) is 0 Å². The van der Waals surface area contributed by atoms with Gasteiger partial charge in [-0.1, -0.05) is 0 Å². The van der Waals surface area contributed by atoms with E-state index in [2.05, 4.69) is 21.3 Å². The second-order valence-electron chi connectivity index (χ2n) is 5.88. The van der Waals surface area contributed by atoms with E-state index in [-0.39, 0.29) is 18.1 Å². The van der Waals surface area contributed by atoms with Crippen molar-refractivity contribution in [3.05, 3.63) is 45.2 Å². The molecule has 0 saturated carbocycles. The Kier molecular flexibility index (Phi) is 4.00. The quantitative estimate of drug-likeness (QED) is 0.733. The Labute approximate surface area is 144 Å². The van der Waals surface area contributed by atoms with Crippen LogP contribution in [0.3, 0.4) is 0 Å². The highest BCUT2D eigenvalue weighted by atomic mass is 16.5. The van der Waals surface area contributed by atoms with E-state index in [1.165, 1.54) is 0 Å². The highest BCUT2D eigenvalue weighted by Gasteiger charge is 2.37. The topological polar surface area (TPSA) is 130 Å². The van der Waals surface area contributed by atoms with Crippen LogP contribution < -0.4 is 10.5 Å². The van der Waals surface area contributed by atoms with E-state index < -0.39 is 11.9 Å². The van der Waals surface area contributed by atoms with E-state index in [0.29, 0.717) is 11.6 Å². The number of aryl methyl sites for hydroxylation is 2. The fourth-order valence-electron chi connectivity index (χ4n) is 3.29. The molecular formula is C17H19N5O3. The molecule has 4 N–H and O–H groups in total. The average molecular weight is 341 g/mol. The van der Waals surface area contributed by atoms with E-state index in [1.807, 2.05) is 20.8 Å². The predicted octanol–water partition coefficient (Wildman–Crippen LogP) is 2.06. The largest absolute Gasteiger partial charge is 0.461 e. The maximum absolute atomic E-state index is 12.2. The number of nitriles is 1. The normalized spacial score (nSPS) is 16.2. The Morgan fingerprint density at radius 3 is 2.72 bits per heavy atom. The average Bonchev–Trinajstić information content (AvgIpc) is 3.07. The van der Waals surface area contributed by atoms with Crippen LogP contribution in [0.5, 0.6) is 5.88 Å². The third-order valence-electron chi connectivity index (χ3n) is 4.39. The molecule has 0 bridgehead atoms. The van der Waals surface area contributed by atoms with Crippen molar-refractivity contribution in [2.75, 3.05) is 6.61 Å². The number of nitrogens with two attached hydrogens (primary N) is 1. The molecule has 0 radical (unpaired) electrons. The molecule has 130 valence electrons. The number of hydrogen-bond acceptors (Lipinski definition) is 6. The van der Waals surface area contributed by atoms with Gasteiger partial charge in [-0.2, -0.15) is 5.26 Å². The fraction of sp³-hybridized carbons (Fsp3) is 0.353. The summed E-state index contributed by atoms with van der Waals surface area (Å²) >= 11 is 0. The summed E-state index contributed by atoms with van der Waals surface area (Å²) in [6, 6.07) is 2.14. The van der Waals surface area contributed by atoms with Crippen LogP contribution >= 0.6 is 0 Å². The summed E-state index contributed by atoms with van der Waals surface area (Å²) < 4.78 is 10.6. The summed E-state index contributed by atoms with van der Waals surface area (Å²) in [5, 5.41) is 16.6. The highest BCUT2D eigenvalue weighted by Crippen LogP contribution is 2.45. The standard InChI is InChI=1S/C17H19N5O3/c1-5-24-17(23)14-7(2)11(8(3)20-14)13-10(6-18)15(19)25-16-12(13)9(4)21-22-16/h13,20H,5,19H2,1-4H3,(H,21,22)/t13-/m0/s1. The number of fused-ring (bicyclic) bond motifs is 1. The molecule has 8 heteroatoms. The van der Waals surface area contributed by atoms with E-state index in [9.17, 15) is 10.1 Å². The number of carbonyl (C=O) groups is 1. The Morgan fingerprint density at radius 2 is 2.08 bits per heavy atom. The molecule has 0 aliphatic carbocycles. The summed E-state index contributed by atoms with van der Waals surface area (Å²) in [5.41, 5.74) is 10.4. The van der Waals surface area contributed by atoms with Crippen LogP contribution in [0.25, 0.3) is 0 Å². The zero-order valence-corrected chi connectivity index (χ0v) is 14.5. The lowest BCUT2D eigenvalue weighted by molar-refractivity contribution is 0.0519. The molecule has 0 unspecified atom stereocenters. The molecule has 1 aliphatic rings. The van der Waals surface area contributed by atoms with Crippen molar-refractivity contribution < 1.29 is 14.3 Å². The number of nitrogens with one attached hydrogen (secondary N) is 2. The molecule has 0 amide bonds. The van der Waals surface area contributed by atoms with Crippen LogP contribution in [-0.4, -0.2) is 27.8 Å². The highest BCUT2D eigenvalue weighted by molar-refractivity contribution is 5.90. The fourth-order valence-corrected chi connectivity index (χ4v) is 3.29. The molecular weight excluding hydrogens is 322 g/mol. The lowest BCUT2D eigenvalue weighted by Crippen LogP contribution is -2.21. The van der Waals surface area contributed by atoms with E-state index in [1.54, 1.807) is 6.92 Å². The minimum absolute atomic E-state index is 0.0178. The van der Waals surface area contributed by atoms with Gasteiger partial charge >= 0.3 is 5.97 Å². The molecule has 0 saturated heterocycles. The Hall–Kier alpha value is -3.21. The first kappa shape index (κ1) is 16.6. The second kappa shape index (κ2) is 6.02. The molecule has 0 fully saturated rings. The van der Waals surface area contributed by atoms with Crippen LogP contribution in [0.4, 0.5) is 0 Å². The predicted molar refractivity (Wildman–Crippen MR) is 88.8 cm³/mol. The van der Waals surface area contributed by atoms with Crippen LogP contribution in [0, 0.1) is 32.1 Å². The Balaban J connectivity index is 2.23. The van der Waals surface area contributed by atoms with Gasteiger partial charge in [-0.25, -0.2) is 4.79 Å². The lowest BCUT2D eigenvalue weighted by Gasteiger charge is -2.24. The zero-order chi connectivity index (χ0) is 18.3. The summed E-state index contributed by atoms with van der Waals surface area (Å²) in [6.07, 6.45) is 0. The molecule has 8 nitrogen and oxygen atoms in total. The van der Waals surface area contributed by atoms with Gasteiger partial charge in [0.25, 0.3) is 0 Å². The van der Waals surface area contributed by atoms with Gasteiger partial charge in [-0.05, 0) is 38.8 Å². The number of carbonyl (C=O) groups excluding carboxylic acids is 1. The van der Waals surface area contributed by atoms with Crippen LogP contribution in [0.15, 0.2) is 11.5 Å². The first-order chi connectivity index (χ1) is 11.9. The van der Waals surface area contributed by atoms with E-state index in [0.717, 1.165) is 28.1 Å². The van der Waals surface area contributed by atoms with Gasteiger partial charge in [0.05, 0.1) is 12.5 Å². The second-order valence-corrected chi connectivity index (χ2v) is 5.88. The molecule has 25 heavy (non-hydrogen) atoms. The molecule has 3 heterocycles. The molecule has 1 atom stereocenters. The smallest absolute Gasteiger partial charge is 0.355 e. The van der Waals surface area contributed by atoms with E-state index in [4.69, 9.17) is 15.2 Å². The number of H-pyrrole nitrogens is 2. The third-order valence-corrected chi connectivity index (χ3v) is 4.39. The molecule has 3 rings (SSSR count). The maximum Gasteiger partial charge on any atom is 0.355 e. The third kappa shape index (κ3) is 2.45. The molecule has 2 aromatic rings. The van der Waals surface area contributed by atoms with Gasteiger partial charge < -0.3 is 20.2 Å². The van der Waals surface area contributed by atoms with Gasteiger partial charge in [0, 0.05) is 17.0 Å². The van der Waals surface area contributed by atoms with Crippen molar-refractivity contribution in [3.8, 4) is 11.9 Å². The minimum Gasteiger partial charge on any atom is -0.461 e. The number of ether oxygens (including phenoxy) is 2. The molecule has 0 spiro atoms. The van der Waals surface area contributed by atoms with Crippen molar-refractivity contribution in [2.24, 2.45) is 5.73 Å². The molecule has 1 aliphatic heterocycles. The number of aromatic amines is 2. The van der Waals surface area contributed by atoms with E-state index >= 15 is 0 Å². The van der Waals surface area contributed by atoms with Crippen molar-refractivity contribution >= 4 is 5.97 Å². The first-order valence-electron chi connectivity index (χ1n) is 7.89. The summed E-state index contributed by atoms with van der Waals surface area (Å²) in [5.74, 6) is -0.534. The van der Waals surface area contributed by atoms with Gasteiger partial charge in [-0.3, -0.25) is 5.10 Å². The maximum atomic E-state index is 12.2. The van der Waals surface area contributed by atoms with Gasteiger partial charge in [-0.15, -0.1) is 5.10 Å². The number of rotatable bonds is 3. The summed E-state index contributed by atoms with van der Waals surface area (Å²) in [6.45, 7) is 7.55. The number of esters is 1. The van der Waals surface area contributed by atoms with Crippen molar-refractivity contribution in [2.45, 2.75) is 33.6 Å². The summed E-state index contributed by atoms with van der Waals surface area (Å²) in [4.78, 5) is 15.3. The van der Waals surface area contributed by atoms with Crippen LogP contribution in [0.1, 0.15) is 51.4 Å². The number of hydrogen-bond donors (Lipinski definition) is 3. The molecule has 2 aromatic heterocycles. The van der Waals surface area contributed by atoms with Crippen LogP contribution in [-0.2, 0) is 4.74 Å². The molecule has 0 aromatic carbocycles. The Morgan fingerprint density at radius 1 is 1.36 bits per heavy atom. The number of nitrogens with zero attached hydrogens (tertiary/aromatic N) is 2. The number of aromatic nitrogens is 3. The van der Waals surface area contributed by atoms with Crippen LogP contribution in [0.2, 0.25) is 0 Å². The SMILES string of the molecule is CCOC(=O)c1[nH]c(C)c([C@@H]2C(C#N)=C(N)Oc3n[nH]c(C)c32)c1C. The van der Waals surface area contributed by atoms with Crippen molar-refractivity contribution in [1.82, 2.24) is 15.2 Å². The minimum atomic E-state index is -0.466. The monoisotopic (exact) mass is 341 g/mol. The van der Waals surface area contributed by atoms with Gasteiger partial charge in [0.2, 0.25) is 11.8 Å². The Bertz CT molecular complexity index is 929. The van der Waals surface area contributed by atoms with Crippen molar-refractivity contribution in [3.63, 3.8) is 0 Å². The van der Waals surface area contributed by atoms with Crippen molar-refractivity contribution in [1.29, 1.82) is 5.26 Å².